The molecule has 30 heavy (non-hydrogen) atoms. The third-order valence-corrected chi connectivity index (χ3v) is 6.90. The number of aliphatic hydroxyl groups is 1. The molecule has 0 aliphatic carbocycles. The van der Waals surface area contributed by atoms with Crippen molar-refractivity contribution in [3.8, 4) is 17.6 Å². The van der Waals surface area contributed by atoms with E-state index in [-0.39, 0.29) is 18.1 Å². The van der Waals surface area contributed by atoms with E-state index in [0.29, 0.717) is 38.3 Å². The fourth-order valence-corrected chi connectivity index (χ4v) is 5.42. The highest BCUT2D eigenvalue weighted by Crippen LogP contribution is 2.52. The number of carbonyl (C=O) groups excluding carboxylic acids is 1. The van der Waals surface area contributed by atoms with Crippen molar-refractivity contribution in [2.45, 2.75) is 18.1 Å². The van der Waals surface area contributed by atoms with Crippen LogP contribution in [0.2, 0.25) is 5.02 Å². The number of nitriles is 1. The van der Waals surface area contributed by atoms with E-state index in [4.69, 9.17) is 21.1 Å². The van der Waals surface area contributed by atoms with Crippen molar-refractivity contribution in [2.24, 2.45) is 0 Å². The zero-order chi connectivity index (χ0) is 21.5. The maximum atomic E-state index is 13.2. The van der Waals surface area contributed by atoms with Crippen LogP contribution in [0.25, 0.3) is 0 Å². The molecule has 2 aromatic rings. The Morgan fingerprint density at radius 1 is 1.23 bits per heavy atom. The van der Waals surface area contributed by atoms with Crippen molar-refractivity contribution < 1.29 is 19.4 Å². The van der Waals surface area contributed by atoms with Crippen molar-refractivity contribution in [3.63, 3.8) is 0 Å². The molecule has 1 saturated heterocycles. The lowest BCUT2D eigenvalue weighted by Crippen LogP contribution is -2.48. The quantitative estimate of drug-likeness (QED) is 0.770. The molecule has 154 valence electrons. The normalized spacial score (nSPS) is 23.2. The maximum Gasteiger partial charge on any atom is 0.231 e. The van der Waals surface area contributed by atoms with Crippen molar-refractivity contribution in [2.75, 3.05) is 20.0 Å². The van der Waals surface area contributed by atoms with Crippen molar-refractivity contribution in [3.05, 3.63) is 69.2 Å². The van der Waals surface area contributed by atoms with Gasteiger partial charge in [-0.2, -0.15) is 5.26 Å². The van der Waals surface area contributed by atoms with Crippen LogP contribution in [-0.4, -0.2) is 35.9 Å². The minimum Gasteiger partial charge on any atom is -0.497 e. The highest BCUT2D eigenvalue weighted by atomic mass is 35.5. The van der Waals surface area contributed by atoms with Gasteiger partial charge in [0, 0.05) is 28.5 Å². The first-order valence-corrected chi connectivity index (χ1v) is 10.6. The van der Waals surface area contributed by atoms with Gasteiger partial charge in [0.1, 0.15) is 11.5 Å². The molecule has 1 fully saturated rings. The predicted octanol–water partition coefficient (Wildman–Crippen LogP) is 4.00. The number of methoxy groups -OCH3 is 2. The van der Waals surface area contributed by atoms with Gasteiger partial charge >= 0.3 is 0 Å². The zero-order valence-corrected chi connectivity index (χ0v) is 18.0. The highest BCUT2D eigenvalue weighted by molar-refractivity contribution is 8.03. The van der Waals surface area contributed by atoms with Gasteiger partial charge in [0.15, 0.2) is 5.72 Å². The highest BCUT2D eigenvalue weighted by Gasteiger charge is 2.52. The van der Waals surface area contributed by atoms with E-state index >= 15 is 0 Å². The van der Waals surface area contributed by atoms with E-state index in [1.807, 2.05) is 0 Å². The first-order chi connectivity index (χ1) is 14.4. The number of ether oxygens (including phenoxy) is 2. The van der Waals surface area contributed by atoms with Gasteiger partial charge in [0.05, 0.1) is 36.6 Å². The summed E-state index contributed by atoms with van der Waals surface area (Å²) in [4.78, 5) is 14.6. The molecule has 6 nitrogen and oxygen atoms in total. The molecule has 0 bridgehead atoms. The molecule has 2 aliphatic heterocycles. The predicted molar refractivity (Wildman–Crippen MR) is 114 cm³/mol. The number of hydrogen-bond donors (Lipinski definition) is 1. The van der Waals surface area contributed by atoms with E-state index in [0.717, 1.165) is 0 Å². The van der Waals surface area contributed by atoms with Crippen molar-refractivity contribution in [1.82, 2.24) is 4.90 Å². The lowest BCUT2D eigenvalue weighted by atomic mass is 9.85. The number of halogens is 1. The monoisotopic (exact) mass is 442 g/mol. The topological polar surface area (TPSA) is 82.8 Å². The summed E-state index contributed by atoms with van der Waals surface area (Å²) < 4.78 is 10.8. The Kier molecular flexibility index (Phi) is 5.41. The number of rotatable bonds is 4. The lowest BCUT2D eigenvalue weighted by Gasteiger charge is -2.38. The summed E-state index contributed by atoms with van der Waals surface area (Å²) >= 11 is 7.27. The number of allylic oxidation sites excluding steroid dienone is 1. The van der Waals surface area contributed by atoms with Crippen LogP contribution in [0.3, 0.4) is 0 Å². The number of hydrogen-bond acceptors (Lipinski definition) is 6. The van der Waals surface area contributed by atoms with Crippen LogP contribution in [0.4, 0.5) is 0 Å². The minimum absolute atomic E-state index is 0.0341. The molecule has 2 atom stereocenters. The number of carbonyl (C=O) groups is 1. The molecule has 0 unspecified atom stereocenters. The van der Waals surface area contributed by atoms with Crippen molar-refractivity contribution in [1.29, 1.82) is 5.26 Å². The van der Waals surface area contributed by atoms with E-state index in [2.05, 4.69) is 6.07 Å². The van der Waals surface area contributed by atoms with Crippen LogP contribution in [0.15, 0.2) is 53.1 Å². The first-order valence-electron chi connectivity index (χ1n) is 9.23. The molecule has 4 rings (SSSR count). The largest absolute Gasteiger partial charge is 0.497 e. The second-order valence-corrected chi connectivity index (χ2v) is 8.44. The molecule has 0 radical (unpaired) electrons. The van der Waals surface area contributed by atoms with Gasteiger partial charge in [-0.25, -0.2) is 0 Å². The molecule has 0 spiro atoms. The molecule has 0 saturated carbocycles. The molecular weight excluding hydrogens is 424 g/mol. The molecule has 2 aromatic carbocycles. The van der Waals surface area contributed by atoms with Gasteiger partial charge in [-0.3, -0.25) is 9.69 Å². The molecule has 1 amide bonds. The summed E-state index contributed by atoms with van der Waals surface area (Å²) in [5, 5.41) is 22.4. The second-order valence-electron chi connectivity index (χ2n) is 7.04. The zero-order valence-electron chi connectivity index (χ0n) is 16.4. The Morgan fingerprint density at radius 3 is 2.60 bits per heavy atom. The standard InChI is InChI=1S/C22H19ClN2O4S/c1-28-15-7-8-19(29-2)17(9-15)16-10-20(26)25-21(18(16)11-24)30-12-22(25,27)13-3-5-14(23)6-4-13/h3-9,16,27H,10,12H2,1-2H3/t16-,22-/m0/s1. The van der Waals surface area contributed by atoms with Gasteiger partial charge in [-0.1, -0.05) is 23.7 Å². The molecule has 8 heteroatoms. The summed E-state index contributed by atoms with van der Waals surface area (Å²) in [6, 6.07) is 14.3. The fourth-order valence-electron chi connectivity index (χ4n) is 3.93. The second kappa shape index (κ2) is 7.88. The van der Waals surface area contributed by atoms with Gasteiger partial charge < -0.3 is 14.6 Å². The Hall–Kier alpha value is -2.66. The number of fused-ring (bicyclic) bond motifs is 1. The van der Waals surface area contributed by atoms with Crippen LogP contribution < -0.4 is 9.47 Å². The fraction of sp³-hybridized carbons (Fsp3) is 0.273. The summed E-state index contributed by atoms with van der Waals surface area (Å²) in [6.07, 6.45) is 0.0341. The van der Waals surface area contributed by atoms with E-state index < -0.39 is 11.6 Å². The first kappa shape index (κ1) is 20.6. The van der Waals surface area contributed by atoms with Crippen LogP contribution in [0.5, 0.6) is 11.5 Å². The minimum atomic E-state index is -1.53. The molecule has 0 aromatic heterocycles. The van der Waals surface area contributed by atoms with Gasteiger partial charge in [-0.05, 0) is 30.3 Å². The molecular formula is C22H19ClN2O4S. The van der Waals surface area contributed by atoms with Crippen LogP contribution in [0.1, 0.15) is 23.5 Å². The Balaban J connectivity index is 1.83. The smallest absolute Gasteiger partial charge is 0.231 e. The van der Waals surface area contributed by atoms with Gasteiger partial charge in [0.2, 0.25) is 5.91 Å². The van der Waals surface area contributed by atoms with Crippen LogP contribution in [-0.2, 0) is 10.5 Å². The van der Waals surface area contributed by atoms with Crippen LogP contribution in [0, 0.1) is 11.3 Å². The number of amides is 1. The third-order valence-electron chi connectivity index (χ3n) is 5.43. The summed E-state index contributed by atoms with van der Waals surface area (Å²) in [5.74, 6) is 0.661. The Morgan fingerprint density at radius 2 is 1.97 bits per heavy atom. The maximum absolute atomic E-state index is 13.2. The lowest BCUT2D eigenvalue weighted by molar-refractivity contribution is -0.149. The molecule has 2 heterocycles. The summed E-state index contributed by atoms with van der Waals surface area (Å²) in [6.45, 7) is 0. The number of benzene rings is 2. The van der Waals surface area contributed by atoms with E-state index in [1.165, 1.54) is 16.7 Å². The third kappa shape index (κ3) is 3.21. The average Bonchev–Trinajstić information content (AvgIpc) is 3.12. The Labute approximate surface area is 183 Å². The van der Waals surface area contributed by atoms with Gasteiger partial charge in [-0.15, -0.1) is 11.8 Å². The number of nitrogens with zero attached hydrogens (tertiary/aromatic N) is 2. The van der Waals surface area contributed by atoms with E-state index in [1.54, 1.807) is 56.7 Å². The summed E-state index contributed by atoms with van der Waals surface area (Å²) in [5.41, 5.74) is 0.151. The molecule has 2 aliphatic rings. The summed E-state index contributed by atoms with van der Waals surface area (Å²) in [7, 11) is 3.10. The Bertz CT molecular complexity index is 1080. The number of thioether (sulfide) groups is 1. The molecule has 1 N–H and O–H groups in total. The average molecular weight is 443 g/mol. The van der Waals surface area contributed by atoms with E-state index in [9.17, 15) is 15.2 Å². The van der Waals surface area contributed by atoms with Crippen LogP contribution >= 0.6 is 23.4 Å². The SMILES string of the molecule is COc1ccc(OC)c([C@@H]2CC(=O)N3C(=C2C#N)SC[C@]3(O)c2ccc(Cl)cc2)c1. The van der Waals surface area contributed by atoms with Gasteiger partial charge in [0.25, 0.3) is 0 Å². The van der Waals surface area contributed by atoms with Crippen molar-refractivity contribution >= 4 is 29.3 Å².